The molecule has 0 fully saturated rings. The highest BCUT2D eigenvalue weighted by Crippen LogP contribution is 2.24. The van der Waals surface area contributed by atoms with Gasteiger partial charge in [0.2, 0.25) is 0 Å². The van der Waals surface area contributed by atoms with Crippen molar-refractivity contribution in [1.82, 2.24) is 5.32 Å². The number of hydrogen-bond donors (Lipinski definition) is 1. The Morgan fingerprint density at radius 1 is 1.00 bits per heavy atom. The number of hydrogen-bond acceptors (Lipinski definition) is 4. The van der Waals surface area contributed by atoms with Crippen molar-refractivity contribution in [2.75, 3.05) is 13.7 Å². The van der Waals surface area contributed by atoms with Gasteiger partial charge in [-0.2, -0.15) is 0 Å². The molecule has 0 aliphatic carbocycles. The Bertz CT molecular complexity index is 668. The Balaban J connectivity index is 2.17. The third-order valence-corrected chi connectivity index (χ3v) is 3.54. The average molecular weight is 327 g/mol. The lowest BCUT2D eigenvalue weighted by molar-refractivity contribution is -0.148. The zero-order valence-electron chi connectivity index (χ0n) is 13.8. The first kappa shape index (κ1) is 17.5. The average Bonchev–Trinajstić information content (AvgIpc) is 2.65. The van der Waals surface area contributed by atoms with Crippen molar-refractivity contribution in [2.45, 2.75) is 19.4 Å². The molecule has 0 saturated heterocycles. The second-order valence-corrected chi connectivity index (χ2v) is 5.20. The Hall–Kier alpha value is -2.82. The number of carbonyl (C=O) groups is 2. The molecule has 0 bridgehead atoms. The zero-order valence-corrected chi connectivity index (χ0v) is 13.8. The van der Waals surface area contributed by atoms with Crippen LogP contribution in [0.25, 0.3) is 0 Å². The molecule has 2 rings (SSSR count). The quantitative estimate of drug-likeness (QED) is 0.794. The van der Waals surface area contributed by atoms with Crippen molar-refractivity contribution in [3.63, 3.8) is 0 Å². The van der Waals surface area contributed by atoms with E-state index >= 15 is 0 Å². The van der Waals surface area contributed by atoms with Crippen molar-refractivity contribution < 1.29 is 19.1 Å². The maximum Gasteiger partial charge on any atom is 0.306 e. The van der Waals surface area contributed by atoms with E-state index in [1.807, 2.05) is 54.6 Å². The smallest absolute Gasteiger partial charge is 0.306 e. The Morgan fingerprint density at radius 3 is 2.21 bits per heavy atom. The lowest BCUT2D eigenvalue weighted by atomic mass is 9.98. The summed E-state index contributed by atoms with van der Waals surface area (Å²) in [6.45, 7) is 1.40. The molecule has 1 amide bonds. The van der Waals surface area contributed by atoms with Gasteiger partial charge in [0, 0.05) is 6.42 Å². The number of benzene rings is 2. The summed E-state index contributed by atoms with van der Waals surface area (Å²) in [6.07, 6.45) is 0.244. The normalized spacial score (nSPS) is 11.4. The minimum absolute atomic E-state index is 0.244. The van der Waals surface area contributed by atoms with Gasteiger partial charge in [0.05, 0.1) is 13.2 Å². The van der Waals surface area contributed by atoms with Gasteiger partial charge in [-0.3, -0.25) is 9.59 Å². The van der Waals surface area contributed by atoms with Crippen molar-refractivity contribution in [3.05, 3.63) is 65.7 Å². The summed E-state index contributed by atoms with van der Waals surface area (Å²) in [5, 5.41) is 2.91. The highest BCUT2D eigenvalue weighted by Gasteiger charge is 2.17. The third kappa shape index (κ3) is 4.84. The van der Waals surface area contributed by atoms with Crippen molar-refractivity contribution in [2.24, 2.45) is 0 Å². The Kier molecular flexibility index (Phi) is 6.37. The van der Waals surface area contributed by atoms with E-state index in [4.69, 9.17) is 9.47 Å². The molecule has 126 valence electrons. The number of rotatable bonds is 7. The highest BCUT2D eigenvalue weighted by atomic mass is 16.5. The highest BCUT2D eigenvalue weighted by molar-refractivity contribution is 5.81. The minimum Gasteiger partial charge on any atom is -0.497 e. The fourth-order valence-corrected chi connectivity index (χ4v) is 2.25. The van der Waals surface area contributed by atoms with Gasteiger partial charge in [-0.15, -0.1) is 0 Å². The second-order valence-electron chi connectivity index (χ2n) is 5.20. The summed E-state index contributed by atoms with van der Waals surface area (Å²) in [6, 6.07) is 16.8. The fraction of sp³-hybridized carbons (Fsp3) is 0.263. The third-order valence-electron chi connectivity index (χ3n) is 3.54. The Morgan fingerprint density at radius 2 is 1.62 bits per heavy atom. The molecule has 24 heavy (non-hydrogen) atoms. The van der Waals surface area contributed by atoms with Crippen LogP contribution in [0, 0.1) is 0 Å². The first-order chi connectivity index (χ1) is 11.6. The molecule has 1 atom stereocenters. The summed E-state index contributed by atoms with van der Waals surface area (Å²) < 4.78 is 10.1. The molecule has 1 N–H and O–H groups in total. The van der Waals surface area contributed by atoms with E-state index in [1.54, 1.807) is 14.0 Å². The Labute approximate surface area is 141 Å². The van der Waals surface area contributed by atoms with Gasteiger partial charge in [0.1, 0.15) is 5.75 Å². The summed E-state index contributed by atoms with van der Waals surface area (Å²) >= 11 is 0. The van der Waals surface area contributed by atoms with Crippen molar-refractivity contribution in [1.29, 1.82) is 0 Å². The first-order valence-corrected chi connectivity index (χ1v) is 7.78. The topological polar surface area (TPSA) is 64.6 Å². The standard InChI is InChI=1S/C19H21NO4/c1-3-18(22)24-13-17(21)20-19(14-7-5-4-6-8-14)15-9-11-16(23-2)12-10-15/h4-12,19H,3,13H2,1-2H3,(H,20,21)/t19-/m0/s1. The van der Waals surface area contributed by atoms with E-state index in [1.165, 1.54) is 0 Å². The van der Waals surface area contributed by atoms with Gasteiger partial charge in [0.15, 0.2) is 6.61 Å². The molecule has 2 aromatic rings. The summed E-state index contributed by atoms with van der Waals surface area (Å²) in [5.74, 6) is 0.00101. The van der Waals surface area contributed by atoms with Crippen LogP contribution in [-0.4, -0.2) is 25.6 Å². The van der Waals surface area contributed by atoms with Crippen LogP contribution >= 0.6 is 0 Å². The van der Waals surface area contributed by atoms with Gasteiger partial charge >= 0.3 is 5.97 Å². The molecule has 0 aliphatic rings. The van der Waals surface area contributed by atoms with Crippen LogP contribution in [-0.2, 0) is 14.3 Å². The van der Waals surface area contributed by atoms with Gasteiger partial charge in [-0.25, -0.2) is 0 Å². The van der Waals surface area contributed by atoms with Gasteiger partial charge < -0.3 is 14.8 Å². The van der Waals surface area contributed by atoms with E-state index in [2.05, 4.69) is 5.32 Å². The predicted octanol–water partition coefficient (Wildman–Crippen LogP) is 2.85. The fourth-order valence-electron chi connectivity index (χ4n) is 2.25. The van der Waals surface area contributed by atoms with Gasteiger partial charge in [-0.05, 0) is 23.3 Å². The SMILES string of the molecule is CCC(=O)OCC(=O)N[C@@H](c1ccccc1)c1ccc(OC)cc1. The molecule has 0 saturated carbocycles. The molecule has 0 aromatic heterocycles. The molecule has 0 radical (unpaired) electrons. The number of carbonyl (C=O) groups excluding carboxylic acids is 2. The van der Waals surface area contributed by atoms with E-state index in [0.717, 1.165) is 16.9 Å². The van der Waals surface area contributed by atoms with E-state index < -0.39 is 5.97 Å². The molecule has 0 spiro atoms. The maximum absolute atomic E-state index is 12.1. The molecule has 2 aromatic carbocycles. The van der Waals surface area contributed by atoms with Crippen LogP contribution in [0.2, 0.25) is 0 Å². The summed E-state index contributed by atoms with van der Waals surface area (Å²) in [7, 11) is 1.60. The number of esters is 1. The predicted molar refractivity (Wildman–Crippen MR) is 90.7 cm³/mol. The molecule has 0 heterocycles. The lowest BCUT2D eigenvalue weighted by Crippen LogP contribution is -2.33. The number of amides is 1. The summed E-state index contributed by atoms with van der Waals surface area (Å²) in [5.41, 5.74) is 1.86. The lowest BCUT2D eigenvalue weighted by Gasteiger charge is -2.20. The van der Waals surface area contributed by atoms with Crippen LogP contribution in [0.15, 0.2) is 54.6 Å². The molecule has 5 heteroatoms. The van der Waals surface area contributed by atoms with Crippen LogP contribution in [0.5, 0.6) is 5.75 Å². The minimum atomic E-state index is -0.397. The molecule has 0 aliphatic heterocycles. The largest absolute Gasteiger partial charge is 0.497 e. The molecular formula is C19H21NO4. The summed E-state index contributed by atoms with van der Waals surface area (Å²) in [4.78, 5) is 23.3. The zero-order chi connectivity index (χ0) is 17.4. The van der Waals surface area contributed by atoms with Crippen LogP contribution in [0.1, 0.15) is 30.5 Å². The van der Waals surface area contributed by atoms with Gasteiger partial charge in [0.25, 0.3) is 5.91 Å². The van der Waals surface area contributed by atoms with E-state index in [9.17, 15) is 9.59 Å². The molecule has 5 nitrogen and oxygen atoms in total. The van der Waals surface area contributed by atoms with E-state index in [-0.39, 0.29) is 25.0 Å². The van der Waals surface area contributed by atoms with Gasteiger partial charge in [-0.1, -0.05) is 49.4 Å². The number of nitrogens with one attached hydrogen (secondary N) is 1. The molecular weight excluding hydrogens is 306 g/mol. The number of ether oxygens (including phenoxy) is 2. The van der Waals surface area contributed by atoms with E-state index in [0.29, 0.717) is 0 Å². The number of methoxy groups -OCH3 is 1. The van der Waals surface area contributed by atoms with Crippen LogP contribution < -0.4 is 10.1 Å². The first-order valence-electron chi connectivity index (χ1n) is 7.78. The monoisotopic (exact) mass is 327 g/mol. The van der Waals surface area contributed by atoms with Crippen LogP contribution in [0.4, 0.5) is 0 Å². The van der Waals surface area contributed by atoms with Crippen molar-refractivity contribution >= 4 is 11.9 Å². The maximum atomic E-state index is 12.1. The van der Waals surface area contributed by atoms with Crippen molar-refractivity contribution in [3.8, 4) is 5.75 Å². The van der Waals surface area contributed by atoms with Crippen LogP contribution in [0.3, 0.4) is 0 Å². The second kappa shape index (κ2) is 8.72. The molecule has 0 unspecified atom stereocenters.